The number of rotatable bonds is 2. The van der Waals surface area contributed by atoms with Gasteiger partial charge in [0.2, 0.25) is 0 Å². The molecule has 1 aliphatic rings. The molecule has 0 bridgehead atoms. The van der Waals surface area contributed by atoms with Gasteiger partial charge >= 0.3 is 0 Å². The number of halogens is 2. The van der Waals surface area contributed by atoms with Crippen LogP contribution in [0.4, 0.5) is 0 Å². The third-order valence-corrected chi connectivity index (χ3v) is 3.30. The van der Waals surface area contributed by atoms with Crippen molar-refractivity contribution in [2.45, 2.75) is 18.8 Å². The summed E-state index contributed by atoms with van der Waals surface area (Å²) in [6.07, 6.45) is 2.26. The fourth-order valence-electron chi connectivity index (χ4n) is 1.97. The molecule has 17 heavy (non-hydrogen) atoms. The quantitative estimate of drug-likeness (QED) is 0.891. The molecule has 3 nitrogen and oxygen atoms in total. The largest absolute Gasteiger partial charge is 0.268 e. The minimum absolute atomic E-state index is 0.0944. The number of nitrogens with zero attached hydrogens (tertiary/aromatic N) is 1. The van der Waals surface area contributed by atoms with Crippen LogP contribution in [0.15, 0.2) is 29.1 Å². The summed E-state index contributed by atoms with van der Waals surface area (Å²) in [7, 11) is 0. The van der Waals surface area contributed by atoms with Crippen LogP contribution in [0.3, 0.4) is 0 Å². The summed E-state index contributed by atoms with van der Waals surface area (Å²) in [6, 6.07) is 6.89. The normalized spacial score (nSPS) is 15.2. The van der Waals surface area contributed by atoms with E-state index in [1.165, 1.54) is 0 Å². The van der Waals surface area contributed by atoms with Gasteiger partial charge in [0.1, 0.15) is 0 Å². The maximum absolute atomic E-state index is 11.4. The first kappa shape index (κ1) is 10.9. The fourth-order valence-corrected chi connectivity index (χ4v) is 2.48. The van der Waals surface area contributed by atoms with Gasteiger partial charge in [0.05, 0.1) is 5.69 Å². The molecule has 1 saturated carbocycles. The van der Waals surface area contributed by atoms with Crippen LogP contribution in [0.25, 0.3) is 5.69 Å². The van der Waals surface area contributed by atoms with Gasteiger partial charge in [0.15, 0.2) is 0 Å². The van der Waals surface area contributed by atoms with E-state index in [1.54, 1.807) is 28.9 Å². The Hall–Kier alpha value is -1.19. The molecule has 1 aliphatic carbocycles. The van der Waals surface area contributed by atoms with Crippen LogP contribution in [-0.4, -0.2) is 9.78 Å². The molecule has 0 amide bonds. The number of hydrogen-bond acceptors (Lipinski definition) is 1. The summed E-state index contributed by atoms with van der Waals surface area (Å²) in [5, 5.41) is 3.90. The smallest absolute Gasteiger partial charge is 0.264 e. The van der Waals surface area contributed by atoms with Gasteiger partial charge in [-0.25, -0.2) is 0 Å². The van der Waals surface area contributed by atoms with Crippen LogP contribution in [0.1, 0.15) is 24.5 Å². The van der Waals surface area contributed by atoms with Crippen molar-refractivity contribution >= 4 is 23.2 Å². The predicted octanol–water partition coefficient (Wildman–Crippen LogP) is 3.35. The molecule has 1 fully saturated rings. The molecule has 88 valence electrons. The van der Waals surface area contributed by atoms with E-state index in [9.17, 15) is 4.79 Å². The Kier molecular flexibility index (Phi) is 2.53. The fraction of sp³-hybridized carbons (Fsp3) is 0.250. The molecular weight excluding hydrogens is 259 g/mol. The van der Waals surface area contributed by atoms with Crippen LogP contribution in [0.5, 0.6) is 0 Å². The second kappa shape index (κ2) is 3.93. The average Bonchev–Trinajstić information content (AvgIpc) is 3.00. The van der Waals surface area contributed by atoms with Gasteiger partial charge in [-0.1, -0.05) is 23.2 Å². The molecule has 0 atom stereocenters. The first-order valence-electron chi connectivity index (χ1n) is 5.42. The summed E-state index contributed by atoms with van der Waals surface area (Å²) in [4.78, 5) is 11.4. The minimum Gasteiger partial charge on any atom is -0.268 e. The molecule has 0 unspecified atom stereocenters. The monoisotopic (exact) mass is 268 g/mol. The molecule has 0 spiro atoms. The second-order valence-electron chi connectivity index (χ2n) is 4.28. The van der Waals surface area contributed by atoms with Gasteiger partial charge in [0.25, 0.3) is 5.56 Å². The molecule has 0 aliphatic heterocycles. The maximum atomic E-state index is 11.4. The van der Waals surface area contributed by atoms with Crippen molar-refractivity contribution in [2.75, 3.05) is 0 Å². The highest BCUT2D eigenvalue weighted by Crippen LogP contribution is 2.40. The van der Waals surface area contributed by atoms with Gasteiger partial charge in [-0.05, 0) is 31.0 Å². The molecule has 5 heteroatoms. The van der Waals surface area contributed by atoms with Gasteiger partial charge in [-0.2, -0.15) is 0 Å². The molecule has 1 aromatic carbocycles. The Morgan fingerprint density at radius 1 is 1.12 bits per heavy atom. The van der Waals surface area contributed by atoms with Gasteiger partial charge in [0, 0.05) is 27.7 Å². The third kappa shape index (κ3) is 2.13. The molecule has 1 N–H and O–H groups in total. The first-order valence-corrected chi connectivity index (χ1v) is 6.17. The molecule has 1 aromatic heterocycles. The van der Waals surface area contributed by atoms with Crippen LogP contribution < -0.4 is 5.56 Å². The number of benzene rings is 1. The van der Waals surface area contributed by atoms with E-state index >= 15 is 0 Å². The standard InChI is InChI=1S/C12H10Cl2N2O/c13-8-3-9(14)5-10(4-8)16-11(7-1-2-7)6-12(17)15-16/h3-7H,1-2H2,(H,15,17). The Morgan fingerprint density at radius 2 is 1.76 bits per heavy atom. The molecule has 0 saturated heterocycles. The predicted molar refractivity (Wildman–Crippen MR) is 68.4 cm³/mol. The number of aromatic amines is 1. The van der Waals surface area contributed by atoms with E-state index < -0.39 is 0 Å². The summed E-state index contributed by atoms with van der Waals surface area (Å²) < 4.78 is 1.78. The lowest BCUT2D eigenvalue weighted by atomic mass is 10.2. The SMILES string of the molecule is O=c1cc(C2CC2)n(-c2cc(Cl)cc(Cl)c2)[nH]1. The van der Waals surface area contributed by atoms with Crippen molar-refractivity contribution in [3.63, 3.8) is 0 Å². The Bertz CT molecular complexity index is 605. The van der Waals surface area contributed by atoms with Crippen molar-refractivity contribution in [1.29, 1.82) is 0 Å². The zero-order valence-corrected chi connectivity index (χ0v) is 10.4. The van der Waals surface area contributed by atoms with Crippen molar-refractivity contribution in [3.05, 3.63) is 50.4 Å². The first-order chi connectivity index (χ1) is 8.13. The summed E-state index contributed by atoms with van der Waals surface area (Å²) in [5.74, 6) is 0.478. The van der Waals surface area contributed by atoms with E-state index in [1.807, 2.05) is 0 Å². The number of hydrogen-bond donors (Lipinski definition) is 1. The molecule has 0 radical (unpaired) electrons. The molecular formula is C12H10Cl2N2O. The summed E-state index contributed by atoms with van der Waals surface area (Å²) >= 11 is 11.9. The average molecular weight is 269 g/mol. The zero-order chi connectivity index (χ0) is 12.0. The van der Waals surface area contributed by atoms with E-state index in [0.717, 1.165) is 24.2 Å². The lowest BCUT2D eigenvalue weighted by molar-refractivity contribution is 0.800. The maximum Gasteiger partial charge on any atom is 0.264 e. The lowest BCUT2D eigenvalue weighted by Gasteiger charge is -2.08. The van der Waals surface area contributed by atoms with E-state index in [0.29, 0.717) is 16.0 Å². The topological polar surface area (TPSA) is 37.8 Å². The zero-order valence-electron chi connectivity index (χ0n) is 8.91. The summed E-state index contributed by atoms with van der Waals surface area (Å²) in [5.41, 5.74) is 1.71. The van der Waals surface area contributed by atoms with Crippen LogP contribution in [0.2, 0.25) is 10.0 Å². The van der Waals surface area contributed by atoms with Gasteiger partial charge in [-0.15, -0.1) is 0 Å². The lowest BCUT2D eigenvalue weighted by Crippen LogP contribution is -2.05. The third-order valence-electron chi connectivity index (χ3n) is 2.86. The Morgan fingerprint density at radius 3 is 2.35 bits per heavy atom. The van der Waals surface area contributed by atoms with Crippen molar-refractivity contribution in [3.8, 4) is 5.69 Å². The second-order valence-corrected chi connectivity index (χ2v) is 5.16. The molecule has 3 rings (SSSR count). The Labute approximate surface area is 108 Å². The van der Waals surface area contributed by atoms with Crippen molar-refractivity contribution < 1.29 is 0 Å². The molecule has 2 aromatic rings. The molecule has 1 heterocycles. The Balaban J connectivity index is 2.16. The number of H-pyrrole nitrogens is 1. The highest BCUT2D eigenvalue weighted by Gasteiger charge is 2.28. The van der Waals surface area contributed by atoms with Crippen LogP contribution in [0, 0.1) is 0 Å². The van der Waals surface area contributed by atoms with E-state index in [-0.39, 0.29) is 5.56 Å². The van der Waals surface area contributed by atoms with Gasteiger partial charge in [-0.3, -0.25) is 14.6 Å². The van der Waals surface area contributed by atoms with E-state index in [4.69, 9.17) is 23.2 Å². The summed E-state index contributed by atoms with van der Waals surface area (Å²) in [6.45, 7) is 0. The van der Waals surface area contributed by atoms with E-state index in [2.05, 4.69) is 5.10 Å². The van der Waals surface area contributed by atoms with Crippen LogP contribution >= 0.6 is 23.2 Å². The van der Waals surface area contributed by atoms with Crippen molar-refractivity contribution in [2.24, 2.45) is 0 Å². The number of aromatic nitrogens is 2. The van der Waals surface area contributed by atoms with Crippen molar-refractivity contribution in [1.82, 2.24) is 9.78 Å². The minimum atomic E-state index is -0.0944. The number of nitrogens with one attached hydrogen (secondary N) is 1. The van der Waals surface area contributed by atoms with Gasteiger partial charge < -0.3 is 0 Å². The highest BCUT2D eigenvalue weighted by atomic mass is 35.5. The van der Waals surface area contributed by atoms with Crippen LogP contribution in [-0.2, 0) is 0 Å². The highest BCUT2D eigenvalue weighted by molar-refractivity contribution is 6.34.